The summed E-state index contributed by atoms with van der Waals surface area (Å²) < 4.78 is 54.0. The number of fused-ring (bicyclic) bond motifs is 1. The van der Waals surface area contributed by atoms with Crippen LogP contribution in [0.4, 0.5) is 14.5 Å². The second kappa shape index (κ2) is 5.06. The van der Waals surface area contributed by atoms with Gasteiger partial charge in [0.25, 0.3) is 10.0 Å². The molecule has 0 radical (unpaired) electrons. The maximum absolute atomic E-state index is 13.7. The van der Waals surface area contributed by atoms with Crippen LogP contribution in [-0.4, -0.2) is 15.0 Å². The quantitative estimate of drug-likeness (QED) is 0.807. The van der Waals surface area contributed by atoms with E-state index in [0.717, 1.165) is 16.4 Å². The van der Waals surface area contributed by atoms with Gasteiger partial charge in [-0.25, -0.2) is 17.2 Å². The standard InChI is InChI=1S/C14H10BrF2NO2S/c15-9-2-1-3-11(6-9)21(19,20)18-5-4-12-13(17)7-10(16)8-14(12)18/h1-3,6-8H,4-5H2. The Balaban J connectivity index is 2.12. The van der Waals surface area contributed by atoms with E-state index in [9.17, 15) is 17.2 Å². The molecule has 1 aliphatic heterocycles. The molecule has 1 aliphatic rings. The Hall–Kier alpha value is -1.47. The molecule has 2 aromatic rings. The van der Waals surface area contributed by atoms with Crippen molar-refractivity contribution in [2.45, 2.75) is 11.3 Å². The van der Waals surface area contributed by atoms with Crippen molar-refractivity contribution in [1.82, 2.24) is 0 Å². The Morgan fingerprint density at radius 1 is 1.14 bits per heavy atom. The normalized spacial score (nSPS) is 14.3. The Labute approximate surface area is 129 Å². The molecule has 110 valence electrons. The third-order valence-corrected chi connectivity index (χ3v) is 5.66. The van der Waals surface area contributed by atoms with Crippen LogP contribution in [0, 0.1) is 11.6 Å². The number of hydrogen-bond acceptors (Lipinski definition) is 2. The Kier molecular flexibility index (Phi) is 3.49. The van der Waals surface area contributed by atoms with E-state index in [-0.39, 0.29) is 29.1 Å². The second-order valence-corrected chi connectivity index (χ2v) is 7.45. The number of rotatable bonds is 2. The van der Waals surface area contributed by atoms with Crippen molar-refractivity contribution in [3.63, 3.8) is 0 Å². The lowest BCUT2D eigenvalue weighted by Crippen LogP contribution is -2.29. The van der Waals surface area contributed by atoms with Gasteiger partial charge in [0, 0.05) is 22.6 Å². The van der Waals surface area contributed by atoms with E-state index in [1.807, 2.05) is 0 Å². The summed E-state index contributed by atoms with van der Waals surface area (Å²) in [6.45, 7) is 0.102. The topological polar surface area (TPSA) is 37.4 Å². The van der Waals surface area contributed by atoms with Crippen molar-refractivity contribution >= 4 is 31.6 Å². The molecular weight excluding hydrogens is 364 g/mol. The fourth-order valence-corrected chi connectivity index (χ4v) is 4.48. The molecule has 0 fully saturated rings. The lowest BCUT2D eigenvalue weighted by Gasteiger charge is -2.19. The molecule has 7 heteroatoms. The zero-order valence-corrected chi connectivity index (χ0v) is 13.1. The molecule has 0 unspecified atom stereocenters. The first-order chi connectivity index (χ1) is 9.89. The fourth-order valence-electron chi connectivity index (χ4n) is 2.40. The molecule has 0 spiro atoms. The van der Waals surface area contributed by atoms with E-state index in [1.165, 1.54) is 12.1 Å². The number of nitrogens with zero attached hydrogens (tertiary/aromatic N) is 1. The zero-order valence-electron chi connectivity index (χ0n) is 10.7. The lowest BCUT2D eigenvalue weighted by molar-refractivity contribution is 0.577. The van der Waals surface area contributed by atoms with Gasteiger partial charge in [-0.05, 0) is 30.7 Å². The van der Waals surface area contributed by atoms with E-state index < -0.39 is 21.7 Å². The largest absolute Gasteiger partial charge is 0.266 e. The van der Waals surface area contributed by atoms with Gasteiger partial charge in [0.1, 0.15) is 11.6 Å². The van der Waals surface area contributed by atoms with Gasteiger partial charge in [-0.15, -0.1) is 0 Å². The number of anilines is 1. The number of benzene rings is 2. The van der Waals surface area contributed by atoms with Crippen molar-refractivity contribution in [2.75, 3.05) is 10.8 Å². The van der Waals surface area contributed by atoms with Crippen molar-refractivity contribution in [3.05, 3.63) is 58.1 Å². The summed E-state index contributed by atoms with van der Waals surface area (Å²) in [5, 5.41) is 0. The summed E-state index contributed by atoms with van der Waals surface area (Å²) in [6.07, 6.45) is 0.231. The predicted octanol–water partition coefficient (Wildman–Crippen LogP) is 3.48. The van der Waals surface area contributed by atoms with Crippen LogP contribution in [0.3, 0.4) is 0 Å². The summed E-state index contributed by atoms with van der Waals surface area (Å²) in [5.74, 6) is -1.50. The third kappa shape index (κ3) is 2.44. The Bertz CT molecular complexity index is 824. The minimum atomic E-state index is -3.84. The average molecular weight is 374 g/mol. The Morgan fingerprint density at radius 3 is 2.62 bits per heavy atom. The highest BCUT2D eigenvalue weighted by atomic mass is 79.9. The molecular formula is C14H10BrF2NO2S. The van der Waals surface area contributed by atoms with Gasteiger partial charge >= 0.3 is 0 Å². The first-order valence-electron chi connectivity index (χ1n) is 6.16. The van der Waals surface area contributed by atoms with Gasteiger partial charge in [0.2, 0.25) is 0 Å². The highest BCUT2D eigenvalue weighted by Gasteiger charge is 2.33. The van der Waals surface area contributed by atoms with Crippen molar-refractivity contribution in [1.29, 1.82) is 0 Å². The molecule has 0 saturated heterocycles. The SMILES string of the molecule is O=S(=O)(c1cccc(Br)c1)N1CCc2c(F)cc(F)cc21. The van der Waals surface area contributed by atoms with Crippen LogP contribution < -0.4 is 4.31 Å². The predicted molar refractivity (Wildman–Crippen MR) is 78.7 cm³/mol. The monoisotopic (exact) mass is 373 g/mol. The molecule has 0 atom stereocenters. The molecule has 0 N–H and O–H groups in total. The molecule has 0 saturated carbocycles. The highest BCUT2D eigenvalue weighted by molar-refractivity contribution is 9.10. The van der Waals surface area contributed by atoms with E-state index in [2.05, 4.69) is 15.9 Å². The summed E-state index contributed by atoms with van der Waals surface area (Å²) in [4.78, 5) is 0.0781. The number of sulfonamides is 1. The van der Waals surface area contributed by atoms with Crippen LogP contribution in [0.25, 0.3) is 0 Å². The van der Waals surface area contributed by atoms with E-state index in [1.54, 1.807) is 12.1 Å². The average Bonchev–Trinajstić information content (AvgIpc) is 2.83. The number of hydrogen-bond donors (Lipinski definition) is 0. The van der Waals surface area contributed by atoms with Gasteiger partial charge in [-0.3, -0.25) is 4.31 Å². The van der Waals surface area contributed by atoms with Gasteiger partial charge in [0.05, 0.1) is 10.6 Å². The summed E-state index contributed by atoms with van der Waals surface area (Å²) in [7, 11) is -3.84. The number of halogens is 3. The van der Waals surface area contributed by atoms with Gasteiger partial charge in [-0.1, -0.05) is 22.0 Å². The minimum absolute atomic E-state index is 0.0764. The van der Waals surface area contributed by atoms with Gasteiger partial charge in [0.15, 0.2) is 0 Å². The second-order valence-electron chi connectivity index (χ2n) is 4.67. The van der Waals surface area contributed by atoms with E-state index >= 15 is 0 Å². The minimum Gasteiger partial charge on any atom is -0.266 e. The third-order valence-electron chi connectivity index (χ3n) is 3.35. The molecule has 0 aliphatic carbocycles. The molecule has 21 heavy (non-hydrogen) atoms. The van der Waals surface area contributed by atoms with Crippen LogP contribution in [0.5, 0.6) is 0 Å². The first-order valence-corrected chi connectivity index (χ1v) is 8.39. The maximum atomic E-state index is 13.7. The van der Waals surface area contributed by atoms with E-state index in [0.29, 0.717) is 4.47 Å². The molecule has 3 nitrogen and oxygen atoms in total. The van der Waals surface area contributed by atoms with Crippen molar-refractivity contribution < 1.29 is 17.2 Å². The highest BCUT2D eigenvalue weighted by Crippen LogP contribution is 2.35. The van der Waals surface area contributed by atoms with Gasteiger partial charge in [-0.2, -0.15) is 0 Å². The van der Waals surface area contributed by atoms with Crippen LogP contribution in [-0.2, 0) is 16.4 Å². The van der Waals surface area contributed by atoms with Gasteiger partial charge < -0.3 is 0 Å². The van der Waals surface area contributed by atoms with E-state index in [4.69, 9.17) is 0 Å². The van der Waals surface area contributed by atoms with Crippen LogP contribution >= 0.6 is 15.9 Å². The molecule has 1 heterocycles. The first kappa shape index (κ1) is 14.5. The molecule has 3 rings (SSSR count). The maximum Gasteiger partial charge on any atom is 0.264 e. The molecule has 0 bridgehead atoms. The van der Waals surface area contributed by atoms with Crippen molar-refractivity contribution in [2.24, 2.45) is 0 Å². The zero-order chi connectivity index (χ0) is 15.2. The lowest BCUT2D eigenvalue weighted by atomic mass is 10.1. The molecule has 2 aromatic carbocycles. The molecule has 0 amide bonds. The summed E-state index contributed by atoms with van der Waals surface area (Å²) in [5.41, 5.74) is 0.308. The summed E-state index contributed by atoms with van der Waals surface area (Å²) in [6, 6.07) is 8.04. The Morgan fingerprint density at radius 2 is 1.90 bits per heavy atom. The fraction of sp³-hybridized carbons (Fsp3) is 0.143. The smallest absolute Gasteiger partial charge is 0.264 e. The summed E-state index contributed by atoms with van der Waals surface area (Å²) >= 11 is 3.22. The van der Waals surface area contributed by atoms with Crippen molar-refractivity contribution in [3.8, 4) is 0 Å². The van der Waals surface area contributed by atoms with Crippen LogP contribution in [0.2, 0.25) is 0 Å². The van der Waals surface area contributed by atoms with Crippen LogP contribution in [0.15, 0.2) is 45.8 Å². The van der Waals surface area contributed by atoms with Crippen LogP contribution in [0.1, 0.15) is 5.56 Å². The molecule has 0 aromatic heterocycles.